The van der Waals surface area contributed by atoms with E-state index in [0.29, 0.717) is 11.7 Å². The zero-order valence-corrected chi connectivity index (χ0v) is 14.0. The number of esters is 1. The van der Waals surface area contributed by atoms with E-state index in [4.69, 9.17) is 20.8 Å². The molecule has 0 saturated carbocycles. The van der Waals surface area contributed by atoms with Crippen molar-refractivity contribution in [2.24, 2.45) is 0 Å². The van der Waals surface area contributed by atoms with Crippen molar-refractivity contribution in [1.82, 2.24) is 25.0 Å². The van der Waals surface area contributed by atoms with E-state index in [1.165, 1.54) is 0 Å². The summed E-state index contributed by atoms with van der Waals surface area (Å²) in [5.41, 5.74) is 1.74. The van der Waals surface area contributed by atoms with Crippen molar-refractivity contribution in [3.63, 3.8) is 0 Å². The number of rotatable bonds is 4. The van der Waals surface area contributed by atoms with Gasteiger partial charge in [0.15, 0.2) is 18.1 Å². The van der Waals surface area contributed by atoms with Crippen molar-refractivity contribution >= 4 is 17.6 Å². The first kappa shape index (κ1) is 16.1. The van der Waals surface area contributed by atoms with Crippen LogP contribution in [0, 0.1) is 20.8 Å². The van der Waals surface area contributed by atoms with Gasteiger partial charge in [0.05, 0.1) is 10.7 Å². The van der Waals surface area contributed by atoms with Crippen LogP contribution in [-0.4, -0.2) is 30.9 Å². The Labute approximate surface area is 142 Å². The fraction of sp³-hybridized carbons (Fsp3) is 0.267. The van der Waals surface area contributed by atoms with Crippen LogP contribution < -0.4 is 0 Å². The SMILES string of the molecule is Cc1cc(C)n(-c2ccc(Cl)c(C(=O)OCc3nnc(C)o3)n2)n1. The van der Waals surface area contributed by atoms with E-state index in [1.807, 2.05) is 19.9 Å². The zero-order valence-electron chi connectivity index (χ0n) is 13.3. The number of carbonyl (C=O) groups is 1. The Bertz CT molecular complexity index is 902. The van der Waals surface area contributed by atoms with Gasteiger partial charge in [-0.1, -0.05) is 11.6 Å². The van der Waals surface area contributed by atoms with Crippen molar-refractivity contribution in [3.05, 3.63) is 52.1 Å². The van der Waals surface area contributed by atoms with Crippen LogP contribution in [0.2, 0.25) is 5.02 Å². The minimum absolute atomic E-state index is 0.00189. The van der Waals surface area contributed by atoms with E-state index in [0.717, 1.165) is 11.4 Å². The van der Waals surface area contributed by atoms with Gasteiger partial charge >= 0.3 is 5.97 Å². The fourth-order valence-corrected chi connectivity index (χ4v) is 2.33. The summed E-state index contributed by atoms with van der Waals surface area (Å²) < 4.78 is 11.9. The lowest BCUT2D eigenvalue weighted by molar-refractivity contribution is 0.0430. The molecule has 3 aromatic rings. The number of ether oxygens (including phenoxy) is 1. The highest BCUT2D eigenvalue weighted by Gasteiger charge is 2.18. The van der Waals surface area contributed by atoms with Crippen LogP contribution in [0.5, 0.6) is 0 Å². The quantitative estimate of drug-likeness (QED) is 0.669. The molecule has 0 bridgehead atoms. The van der Waals surface area contributed by atoms with Crippen LogP contribution in [0.1, 0.15) is 33.7 Å². The van der Waals surface area contributed by atoms with Crippen LogP contribution in [-0.2, 0) is 11.3 Å². The highest BCUT2D eigenvalue weighted by molar-refractivity contribution is 6.33. The second-order valence-corrected chi connectivity index (χ2v) is 5.54. The molecule has 124 valence electrons. The minimum atomic E-state index is -0.681. The highest BCUT2D eigenvalue weighted by Crippen LogP contribution is 2.19. The molecule has 0 aliphatic heterocycles. The summed E-state index contributed by atoms with van der Waals surface area (Å²) in [4.78, 5) is 16.5. The standard InChI is InChI=1S/C15H14ClN5O3/c1-8-6-9(2)21(20-8)12-5-4-11(16)14(17-12)15(22)23-7-13-19-18-10(3)24-13/h4-6H,7H2,1-3H3. The maximum atomic E-state index is 12.2. The van der Waals surface area contributed by atoms with Gasteiger partial charge in [0.2, 0.25) is 5.89 Å². The molecule has 0 aromatic carbocycles. The summed E-state index contributed by atoms with van der Waals surface area (Å²) >= 11 is 6.06. The van der Waals surface area contributed by atoms with Gasteiger partial charge in [0.25, 0.3) is 5.89 Å². The Morgan fingerprint density at radius 2 is 2.08 bits per heavy atom. The Kier molecular flexibility index (Phi) is 4.30. The van der Waals surface area contributed by atoms with E-state index in [1.54, 1.807) is 23.7 Å². The van der Waals surface area contributed by atoms with Crippen molar-refractivity contribution in [2.45, 2.75) is 27.4 Å². The first-order valence-corrected chi connectivity index (χ1v) is 7.48. The Hall–Kier alpha value is -2.74. The van der Waals surface area contributed by atoms with Crippen LogP contribution in [0.25, 0.3) is 5.82 Å². The number of hydrogen-bond donors (Lipinski definition) is 0. The monoisotopic (exact) mass is 347 g/mol. The summed E-state index contributed by atoms with van der Waals surface area (Å²) in [6.45, 7) is 5.27. The molecule has 0 spiro atoms. The topological polar surface area (TPSA) is 95.9 Å². The van der Waals surface area contributed by atoms with E-state index >= 15 is 0 Å². The lowest BCUT2D eigenvalue weighted by Gasteiger charge is -2.07. The predicted octanol–water partition coefficient (Wildman–Crippen LogP) is 2.59. The zero-order chi connectivity index (χ0) is 17.3. The molecule has 0 saturated heterocycles. The number of carbonyl (C=O) groups excluding carboxylic acids is 1. The van der Waals surface area contributed by atoms with Crippen molar-refractivity contribution in [1.29, 1.82) is 0 Å². The van der Waals surface area contributed by atoms with Gasteiger partial charge in [-0.25, -0.2) is 14.5 Å². The van der Waals surface area contributed by atoms with Crippen LogP contribution in [0.15, 0.2) is 22.6 Å². The average molecular weight is 348 g/mol. The maximum absolute atomic E-state index is 12.2. The maximum Gasteiger partial charge on any atom is 0.359 e. The summed E-state index contributed by atoms with van der Waals surface area (Å²) in [6, 6.07) is 5.17. The number of aryl methyl sites for hydroxylation is 3. The molecule has 0 aliphatic rings. The third-order valence-corrected chi connectivity index (χ3v) is 3.45. The smallest absolute Gasteiger partial charge is 0.359 e. The lowest BCUT2D eigenvalue weighted by atomic mass is 10.3. The number of pyridine rings is 1. The van der Waals surface area contributed by atoms with Gasteiger partial charge in [-0.3, -0.25) is 0 Å². The first-order valence-electron chi connectivity index (χ1n) is 7.10. The van der Waals surface area contributed by atoms with Gasteiger partial charge in [-0.2, -0.15) is 5.10 Å². The molecule has 3 aromatic heterocycles. The average Bonchev–Trinajstić information content (AvgIpc) is 3.10. The molecule has 0 fully saturated rings. The van der Waals surface area contributed by atoms with Crippen molar-refractivity contribution < 1.29 is 13.9 Å². The van der Waals surface area contributed by atoms with E-state index in [9.17, 15) is 4.79 Å². The molecule has 0 atom stereocenters. The third-order valence-electron chi connectivity index (χ3n) is 3.15. The largest absolute Gasteiger partial charge is 0.451 e. The normalized spacial score (nSPS) is 10.8. The summed E-state index contributed by atoms with van der Waals surface area (Å²) in [6.07, 6.45) is 0. The minimum Gasteiger partial charge on any atom is -0.451 e. The molecule has 3 rings (SSSR count). The van der Waals surface area contributed by atoms with Gasteiger partial charge < -0.3 is 9.15 Å². The van der Waals surface area contributed by atoms with E-state index in [-0.39, 0.29) is 23.2 Å². The Morgan fingerprint density at radius 3 is 2.71 bits per heavy atom. The molecule has 0 aliphatic carbocycles. The van der Waals surface area contributed by atoms with Gasteiger partial charge in [-0.15, -0.1) is 10.2 Å². The molecular weight excluding hydrogens is 334 g/mol. The summed E-state index contributed by atoms with van der Waals surface area (Å²) in [5.74, 6) is 0.389. The Balaban J connectivity index is 1.83. The molecule has 24 heavy (non-hydrogen) atoms. The molecule has 0 amide bonds. The summed E-state index contributed by atoms with van der Waals surface area (Å²) in [5, 5.41) is 11.9. The molecule has 0 N–H and O–H groups in total. The molecule has 8 nitrogen and oxygen atoms in total. The number of nitrogens with zero attached hydrogens (tertiary/aromatic N) is 5. The molecule has 0 unspecified atom stereocenters. The number of aromatic nitrogens is 5. The van der Waals surface area contributed by atoms with Gasteiger partial charge in [-0.05, 0) is 32.0 Å². The molecule has 0 radical (unpaired) electrons. The van der Waals surface area contributed by atoms with Crippen LogP contribution in [0.4, 0.5) is 0 Å². The van der Waals surface area contributed by atoms with Gasteiger partial charge in [0.1, 0.15) is 0 Å². The van der Waals surface area contributed by atoms with E-state index < -0.39 is 5.97 Å². The van der Waals surface area contributed by atoms with E-state index in [2.05, 4.69) is 20.3 Å². The molecule has 3 heterocycles. The fourth-order valence-electron chi connectivity index (χ4n) is 2.15. The highest BCUT2D eigenvalue weighted by atomic mass is 35.5. The molecular formula is C15H14ClN5O3. The van der Waals surface area contributed by atoms with Crippen molar-refractivity contribution in [3.8, 4) is 5.82 Å². The first-order chi connectivity index (χ1) is 11.4. The Morgan fingerprint density at radius 1 is 1.29 bits per heavy atom. The molecule has 9 heteroatoms. The van der Waals surface area contributed by atoms with Crippen molar-refractivity contribution in [2.75, 3.05) is 0 Å². The predicted molar refractivity (Wildman–Crippen MR) is 84.0 cm³/mol. The second-order valence-electron chi connectivity index (χ2n) is 5.13. The van der Waals surface area contributed by atoms with Crippen LogP contribution >= 0.6 is 11.6 Å². The lowest BCUT2D eigenvalue weighted by Crippen LogP contribution is -2.11. The summed E-state index contributed by atoms with van der Waals surface area (Å²) in [7, 11) is 0. The van der Waals surface area contributed by atoms with Crippen LogP contribution in [0.3, 0.4) is 0 Å². The van der Waals surface area contributed by atoms with Gasteiger partial charge in [0, 0.05) is 12.6 Å². The second kappa shape index (κ2) is 6.40. The third kappa shape index (κ3) is 3.28. The number of hydrogen-bond acceptors (Lipinski definition) is 7. The number of halogens is 1.